The van der Waals surface area contributed by atoms with Crippen LogP contribution in [0.2, 0.25) is 0 Å². The third kappa shape index (κ3) is 4.99. The Morgan fingerprint density at radius 3 is 2.69 bits per heavy atom. The van der Waals surface area contributed by atoms with Crippen LogP contribution >= 0.6 is 0 Å². The fourth-order valence-electron chi connectivity index (χ4n) is 3.56. The number of hydrogen-bond donors (Lipinski definition) is 2. The molecule has 2 heterocycles. The van der Waals surface area contributed by atoms with E-state index in [-0.39, 0.29) is 24.7 Å². The van der Waals surface area contributed by atoms with Crippen LogP contribution in [0.25, 0.3) is 0 Å². The van der Waals surface area contributed by atoms with Crippen molar-refractivity contribution in [2.75, 3.05) is 39.3 Å². The predicted octanol–water partition coefficient (Wildman–Crippen LogP) is 0.00790. The molecule has 0 aliphatic carbocycles. The number of fused-ring (bicyclic) bond motifs is 1. The predicted molar refractivity (Wildman–Crippen MR) is 105 cm³/mol. The topological polar surface area (TPSA) is 108 Å². The minimum atomic E-state index is -0.461. The van der Waals surface area contributed by atoms with Gasteiger partial charge in [-0.3, -0.25) is 34.3 Å². The lowest BCUT2D eigenvalue weighted by atomic mass is 10.1. The van der Waals surface area contributed by atoms with Crippen molar-refractivity contribution in [1.29, 1.82) is 0 Å². The fraction of sp³-hybridized carbons (Fsp3) is 0.500. The van der Waals surface area contributed by atoms with Crippen molar-refractivity contribution in [3.05, 3.63) is 29.3 Å². The zero-order valence-corrected chi connectivity index (χ0v) is 16.5. The number of rotatable bonds is 9. The molecule has 1 saturated heterocycles. The Labute approximate surface area is 169 Å². The molecule has 1 unspecified atom stereocenters. The number of imide groups is 2. The largest absolute Gasteiger partial charge is 0.492 e. The van der Waals surface area contributed by atoms with E-state index in [1.54, 1.807) is 25.1 Å². The molecule has 0 saturated carbocycles. The second kappa shape index (κ2) is 9.62. The smallest absolute Gasteiger partial charge is 0.261 e. The standard InChI is InChI=1S/C20H26N4O5/c1-14(2-5-18(26)22-13-25)24-19(27)16-4-3-15(12-17(16)20(24)28)29-11-10-23-8-6-21-7-9-23/h3-4,12-14,21H,2,5-11H2,1H3,(H,22,25,26). The van der Waals surface area contributed by atoms with Gasteiger partial charge in [0.05, 0.1) is 11.1 Å². The number of carbonyl (C=O) groups excluding carboxylic acids is 4. The summed E-state index contributed by atoms with van der Waals surface area (Å²) in [5.74, 6) is -0.648. The van der Waals surface area contributed by atoms with Crippen LogP contribution in [0, 0.1) is 0 Å². The van der Waals surface area contributed by atoms with Crippen LogP contribution in [-0.2, 0) is 9.59 Å². The van der Waals surface area contributed by atoms with Gasteiger partial charge in [-0.05, 0) is 31.5 Å². The summed E-state index contributed by atoms with van der Waals surface area (Å²) in [6, 6.07) is 4.46. The van der Waals surface area contributed by atoms with Gasteiger partial charge in [0.2, 0.25) is 12.3 Å². The van der Waals surface area contributed by atoms with Crippen LogP contribution in [0.15, 0.2) is 18.2 Å². The highest BCUT2D eigenvalue weighted by Crippen LogP contribution is 2.29. The zero-order chi connectivity index (χ0) is 20.8. The second-order valence-electron chi connectivity index (χ2n) is 7.20. The normalized spacial score (nSPS) is 17.8. The highest BCUT2D eigenvalue weighted by atomic mass is 16.5. The van der Waals surface area contributed by atoms with Crippen LogP contribution in [0.5, 0.6) is 5.75 Å². The highest BCUT2D eigenvalue weighted by Gasteiger charge is 2.38. The van der Waals surface area contributed by atoms with E-state index in [9.17, 15) is 19.2 Å². The van der Waals surface area contributed by atoms with Gasteiger partial charge in [-0.25, -0.2) is 0 Å². The van der Waals surface area contributed by atoms with Gasteiger partial charge in [0.15, 0.2) is 0 Å². The summed E-state index contributed by atoms with van der Waals surface area (Å²) in [5, 5.41) is 5.35. The Balaban J connectivity index is 1.58. The molecule has 2 aliphatic rings. The summed E-state index contributed by atoms with van der Waals surface area (Å²) in [4.78, 5) is 50.6. The number of carbonyl (C=O) groups is 4. The van der Waals surface area contributed by atoms with E-state index in [4.69, 9.17) is 4.74 Å². The number of benzene rings is 1. The van der Waals surface area contributed by atoms with Crippen LogP contribution < -0.4 is 15.4 Å². The van der Waals surface area contributed by atoms with Crippen molar-refractivity contribution in [2.45, 2.75) is 25.8 Å². The van der Waals surface area contributed by atoms with Gasteiger partial charge in [0.1, 0.15) is 12.4 Å². The van der Waals surface area contributed by atoms with Gasteiger partial charge in [0, 0.05) is 45.2 Å². The molecule has 0 aromatic heterocycles. The van der Waals surface area contributed by atoms with E-state index >= 15 is 0 Å². The summed E-state index contributed by atoms with van der Waals surface area (Å²) in [5.41, 5.74) is 0.660. The van der Waals surface area contributed by atoms with Crippen molar-refractivity contribution in [3.8, 4) is 5.75 Å². The second-order valence-corrected chi connectivity index (χ2v) is 7.20. The summed E-state index contributed by atoms with van der Waals surface area (Å²) in [7, 11) is 0. The quantitative estimate of drug-likeness (QED) is 0.442. The number of nitrogens with one attached hydrogen (secondary N) is 2. The maximum Gasteiger partial charge on any atom is 0.261 e. The molecule has 0 bridgehead atoms. The molecule has 9 heteroatoms. The highest BCUT2D eigenvalue weighted by molar-refractivity contribution is 6.21. The lowest BCUT2D eigenvalue weighted by molar-refractivity contribution is -0.125. The van der Waals surface area contributed by atoms with E-state index in [1.807, 2.05) is 0 Å². The maximum atomic E-state index is 12.8. The molecule has 1 aromatic carbocycles. The lowest BCUT2D eigenvalue weighted by Gasteiger charge is -2.26. The fourth-order valence-corrected chi connectivity index (χ4v) is 3.56. The summed E-state index contributed by atoms with van der Waals surface area (Å²) >= 11 is 0. The average Bonchev–Trinajstić information content (AvgIpc) is 2.97. The first-order valence-corrected chi connectivity index (χ1v) is 9.82. The van der Waals surface area contributed by atoms with Gasteiger partial charge in [-0.2, -0.15) is 0 Å². The van der Waals surface area contributed by atoms with Crippen molar-refractivity contribution in [1.82, 2.24) is 20.4 Å². The number of amides is 4. The number of nitrogens with zero attached hydrogens (tertiary/aromatic N) is 2. The lowest BCUT2D eigenvalue weighted by Crippen LogP contribution is -2.44. The molecule has 2 N–H and O–H groups in total. The molecule has 9 nitrogen and oxygen atoms in total. The van der Waals surface area contributed by atoms with Gasteiger partial charge < -0.3 is 10.1 Å². The Bertz CT molecular complexity index is 791. The van der Waals surface area contributed by atoms with Gasteiger partial charge in [0.25, 0.3) is 11.8 Å². The van der Waals surface area contributed by atoms with Crippen LogP contribution in [-0.4, -0.2) is 79.3 Å². The van der Waals surface area contributed by atoms with Gasteiger partial charge >= 0.3 is 0 Å². The van der Waals surface area contributed by atoms with Crippen molar-refractivity contribution < 1.29 is 23.9 Å². The molecule has 156 valence electrons. The maximum absolute atomic E-state index is 12.8. The summed E-state index contributed by atoms with van der Waals surface area (Å²) in [6.45, 7) is 6.93. The van der Waals surface area contributed by atoms with E-state index in [2.05, 4.69) is 15.5 Å². The SMILES string of the molecule is CC(CCC(=O)NC=O)N1C(=O)c2ccc(OCCN3CCNCC3)cc2C1=O. The molecule has 2 aliphatic heterocycles. The van der Waals surface area contributed by atoms with E-state index in [0.717, 1.165) is 32.7 Å². The van der Waals surface area contributed by atoms with Gasteiger partial charge in [-0.15, -0.1) is 0 Å². The Hall–Kier alpha value is -2.78. The Morgan fingerprint density at radius 2 is 1.97 bits per heavy atom. The number of hydrogen-bond acceptors (Lipinski definition) is 7. The molecule has 1 fully saturated rings. The molecule has 1 atom stereocenters. The summed E-state index contributed by atoms with van der Waals surface area (Å²) in [6.07, 6.45) is 0.644. The van der Waals surface area contributed by atoms with Crippen LogP contribution in [0.1, 0.15) is 40.5 Å². The molecule has 3 rings (SSSR count). The molecule has 0 radical (unpaired) electrons. The third-order valence-electron chi connectivity index (χ3n) is 5.23. The third-order valence-corrected chi connectivity index (χ3v) is 5.23. The summed E-state index contributed by atoms with van der Waals surface area (Å²) < 4.78 is 5.79. The Kier molecular flexibility index (Phi) is 6.95. The van der Waals surface area contributed by atoms with Gasteiger partial charge in [-0.1, -0.05) is 0 Å². The molecular formula is C20H26N4O5. The van der Waals surface area contributed by atoms with E-state index < -0.39 is 11.9 Å². The Morgan fingerprint density at radius 1 is 1.24 bits per heavy atom. The van der Waals surface area contributed by atoms with Crippen molar-refractivity contribution in [2.24, 2.45) is 0 Å². The molecule has 29 heavy (non-hydrogen) atoms. The number of piperazine rings is 1. The first-order chi connectivity index (χ1) is 14.0. The first-order valence-electron chi connectivity index (χ1n) is 9.82. The van der Waals surface area contributed by atoms with Crippen molar-refractivity contribution in [3.63, 3.8) is 0 Å². The molecule has 4 amide bonds. The van der Waals surface area contributed by atoms with Crippen LogP contribution in [0.4, 0.5) is 0 Å². The van der Waals surface area contributed by atoms with Crippen LogP contribution in [0.3, 0.4) is 0 Å². The molecule has 1 aromatic rings. The minimum absolute atomic E-state index is 0.0493. The van der Waals surface area contributed by atoms with Crippen molar-refractivity contribution >= 4 is 24.1 Å². The molecular weight excluding hydrogens is 376 g/mol. The monoisotopic (exact) mass is 402 g/mol. The average molecular weight is 402 g/mol. The van der Waals surface area contributed by atoms with E-state index in [0.29, 0.717) is 29.9 Å². The van der Waals surface area contributed by atoms with E-state index in [1.165, 1.54) is 4.90 Å². The molecule has 0 spiro atoms. The number of ether oxygens (including phenoxy) is 1. The first kappa shape index (κ1) is 20.9. The minimum Gasteiger partial charge on any atom is -0.492 e. The zero-order valence-electron chi connectivity index (χ0n) is 16.5.